The molecule has 162 valence electrons. The number of hydrogen-bond donors (Lipinski definition) is 1. The number of rotatable bonds is 5. The molecule has 0 saturated carbocycles. The zero-order chi connectivity index (χ0) is 22.8. The fourth-order valence-corrected chi connectivity index (χ4v) is 3.81. The first-order chi connectivity index (χ1) is 15.5. The van der Waals surface area contributed by atoms with Crippen molar-refractivity contribution in [3.05, 3.63) is 89.3 Å². The van der Waals surface area contributed by atoms with Gasteiger partial charge in [-0.25, -0.2) is 0 Å². The molecule has 7 heteroatoms. The van der Waals surface area contributed by atoms with Crippen molar-refractivity contribution in [2.24, 2.45) is 0 Å². The topological polar surface area (TPSA) is 89.0 Å². The summed E-state index contributed by atoms with van der Waals surface area (Å²) in [6, 6.07) is 14.6. The van der Waals surface area contributed by atoms with Gasteiger partial charge >= 0.3 is 0 Å². The third kappa shape index (κ3) is 3.58. The van der Waals surface area contributed by atoms with Crippen LogP contribution in [-0.4, -0.2) is 36.0 Å². The van der Waals surface area contributed by atoms with Gasteiger partial charge < -0.3 is 14.6 Å². The lowest BCUT2D eigenvalue weighted by atomic mass is 9.94. The molecule has 32 heavy (non-hydrogen) atoms. The van der Waals surface area contributed by atoms with Crippen LogP contribution in [0.15, 0.2) is 72.6 Å². The van der Waals surface area contributed by atoms with E-state index in [-0.39, 0.29) is 11.3 Å². The minimum atomic E-state index is -0.939. The number of carbonyl (C=O) groups is 2. The molecule has 1 aliphatic rings. The summed E-state index contributed by atoms with van der Waals surface area (Å²) in [5.41, 5.74) is 2.33. The van der Waals surface area contributed by atoms with Gasteiger partial charge in [-0.15, -0.1) is 0 Å². The van der Waals surface area contributed by atoms with Crippen LogP contribution in [0.5, 0.6) is 11.5 Å². The number of aromatic nitrogens is 1. The minimum Gasteiger partial charge on any atom is -0.507 e. The first-order valence-electron chi connectivity index (χ1n) is 9.96. The third-order valence-electron chi connectivity index (χ3n) is 5.42. The summed E-state index contributed by atoms with van der Waals surface area (Å²) >= 11 is 0. The van der Waals surface area contributed by atoms with E-state index in [9.17, 15) is 14.7 Å². The average molecular weight is 430 g/mol. The maximum absolute atomic E-state index is 13.2. The summed E-state index contributed by atoms with van der Waals surface area (Å²) in [6.07, 6.45) is 3.07. The summed E-state index contributed by atoms with van der Waals surface area (Å²) in [5.74, 6) is -0.845. The second kappa shape index (κ2) is 8.55. The monoisotopic (exact) mass is 430 g/mol. The number of benzene rings is 2. The molecule has 1 unspecified atom stereocenters. The Bertz CT molecular complexity index is 1200. The largest absolute Gasteiger partial charge is 0.507 e. The number of aliphatic hydroxyl groups excluding tert-OH is 1. The number of amides is 1. The lowest BCUT2D eigenvalue weighted by molar-refractivity contribution is -0.132. The van der Waals surface area contributed by atoms with Crippen molar-refractivity contribution < 1.29 is 24.2 Å². The summed E-state index contributed by atoms with van der Waals surface area (Å²) in [6.45, 7) is 1.92. The third-order valence-corrected chi connectivity index (χ3v) is 5.42. The Morgan fingerprint density at radius 2 is 1.78 bits per heavy atom. The van der Waals surface area contributed by atoms with E-state index >= 15 is 0 Å². The van der Waals surface area contributed by atoms with Crippen LogP contribution in [0, 0.1) is 6.92 Å². The molecular weight excluding hydrogens is 408 g/mol. The fourth-order valence-electron chi connectivity index (χ4n) is 3.81. The van der Waals surface area contributed by atoms with Crippen molar-refractivity contribution in [2.75, 3.05) is 19.1 Å². The maximum Gasteiger partial charge on any atom is 0.300 e. The van der Waals surface area contributed by atoms with Gasteiger partial charge in [-0.2, -0.15) is 0 Å². The molecule has 1 atom stereocenters. The number of nitrogens with zero attached hydrogens (tertiary/aromatic N) is 2. The molecule has 1 aliphatic heterocycles. The van der Waals surface area contributed by atoms with Gasteiger partial charge in [0.1, 0.15) is 17.3 Å². The molecule has 0 spiro atoms. The average Bonchev–Trinajstić information content (AvgIpc) is 3.09. The van der Waals surface area contributed by atoms with Crippen LogP contribution in [0.2, 0.25) is 0 Å². The van der Waals surface area contributed by atoms with Gasteiger partial charge in [0.25, 0.3) is 11.7 Å². The van der Waals surface area contributed by atoms with E-state index in [1.54, 1.807) is 48.7 Å². The highest BCUT2D eigenvalue weighted by atomic mass is 16.5. The maximum atomic E-state index is 13.2. The van der Waals surface area contributed by atoms with Crippen molar-refractivity contribution in [3.63, 3.8) is 0 Å². The standard InChI is InChI=1S/C25H22N2O5/c1-15-6-8-16(9-7-15)23(28)21-22(19-13-18(31-2)10-11-20(19)32-3)27(25(30)24(21)29)17-5-4-12-26-14-17/h4-14,22,28H,1-3H3/b23-21+. The van der Waals surface area contributed by atoms with E-state index in [1.807, 2.05) is 19.1 Å². The van der Waals surface area contributed by atoms with Gasteiger partial charge in [-0.3, -0.25) is 19.5 Å². The van der Waals surface area contributed by atoms with Gasteiger partial charge in [-0.05, 0) is 37.3 Å². The van der Waals surface area contributed by atoms with E-state index in [2.05, 4.69) is 4.98 Å². The van der Waals surface area contributed by atoms with Crippen LogP contribution in [0.1, 0.15) is 22.7 Å². The van der Waals surface area contributed by atoms with Crippen LogP contribution < -0.4 is 14.4 Å². The smallest absolute Gasteiger partial charge is 0.300 e. The number of Topliss-reactive ketones (excluding diaryl/α,β-unsaturated/α-hetero) is 1. The second-order valence-electron chi connectivity index (χ2n) is 7.35. The normalized spacial score (nSPS) is 17.5. The van der Waals surface area contributed by atoms with Gasteiger partial charge in [0.05, 0.1) is 37.7 Å². The van der Waals surface area contributed by atoms with Crippen molar-refractivity contribution in [3.8, 4) is 11.5 Å². The lowest BCUT2D eigenvalue weighted by Gasteiger charge is -2.26. The molecule has 1 N–H and O–H groups in total. The van der Waals surface area contributed by atoms with Crippen LogP contribution in [-0.2, 0) is 9.59 Å². The predicted molar refractivity (Wildman–Crippen MR) is 120 cm³/mol. The molecule has 1 saturated heterocycles. The fraction of sp³-hybridized carbons (Fsp3) is 0.160. The summed E-state index contributed by atoms with van der Waals surface area (Å²) < 4.78 is 10.9. The number of anilines is 1. The van der Waals surface area contributed by atoms with E-state index in [0.29, 0.717) is 28.3 Å². The van der Waals surface area contributed by atoms with Gasteiger partial charge in [0.2, 0.25) is 0 Å². The number of carbonyl (C=O) groups excluding carboxylic acids is 2. The predicted octanol–water partition coefficient (Wildman–Crippen LogP) is 4.03. The molecule has 2 heterocycles. The zero-order valence-corrected chi connectivity index (χ0v) is 17.9. The molecule has 2 aromatic carbocycles. The number of aryl methyl sites for hydroxylation is 1. The molecule has 4 rings (SSSR count). The zero-order valence-electron chi connectivity index (χ0n) is 17.9. The Kier molecular flexibility index (Phi) is 5.64. The first-order valence-corrected chi connectivity index (χ1v) is 9.96. The molecule has 0 radical (unpaired) electrons. The van der Waals surface area contributed by atoms with Crippen LogP contribution >= 0.6 is 0 Å². The van der Waals surface area contributed by atoms with Crippen molar-refractivity contribution in [1.29, 1.82) is 0 Å². The van der Waals surface area contributed by atoms with Crippen molar-refractivity contribution in [1.82, 2.24) is 4.98 Å². The molecule has 0 aliphatic carbocycles. The minimum absolute atomic E-state index is 0.0331. The first kappa shape index (κ1) is 21.1. The molecule has 3 aromatic rings. The van der Waals surface area contributed by atoms with Crippen LogP contribution in [0.25, 0.3) is 5.76 Å². The summed E-state index contributed by atoms with van der Waals surface area (Å²) in [4.78, 5) is 31.8. The highest BCUT2D eigenvalue weighted by Crippen LogP contribution is 2.45. The number of methoxy groups -OCH3 is 2. The summed E-state index contributed by atoms with van der Waals surface area (Å²) in [5, 5.41) is 11.2. The van der Waals surface area contributed by atoms with Crippen LogP contribution in [0.4, 0.5) is 5.69 Å². The molecule has 1 aromatic heterocycles. The number of ether oxygens (including phenoxy) is 2. The molecular formula is C25H22N2O5. The van der Waals surface area contributed by atoms with Crippen molar-refractivity contribution in [2.45, 2.75) is 13.0 Å². The Morgan fingerprint density at radius 1 is 1.03 bits per heavy atom. The van der Waals surface area contributed by atoms with E-state index < -0.39 is 17.7 Å². The van der Waals surface area contributed by atoms with Crippen molar-refractivity contribution >= 4 is 23.1 Å². The van der Waals surface area contributed by atoms with E-state index in [4.69, 9.17) is 9.47 Å². The van der Waals surface area contributed by atoms with Gasteiger partial charge in [-0.1, -0.05) is 29.8 Å². The van der Waals surface area contributed by atoms with Crippen LogP contribution in [0.3, 0.4) is 0 Å². The molecule has 1 fully saturated rings. The Balaban J connectivity index is 2.01. The Hall–Kier alpha value is -4.13. The summed E-state index contributed by atoms with van der Waals surface area (Å²) in [7, 11) is 3.03. The van der Waals surface area contributed by atoms with E-state index in [0.717, 1.165) is 5.56 Å². The SMILES string of the molecule is COc1ccc(OC)c(C2/C(=C(\O)c3ccc(C)cc3)C(=O)C(=O)N2c2cccnc2)c1. The molecule has 7 nitrogen and oxygen atoms in total. The van der Waals surface area contributed by atoms with Gasteiger partial charge in [0, 0.05) is 17.3 Å². The Labute approximate surface area is 185 Å². The quantitative estimate of drug-likeness (QED) is 0.373. The number of aliphatic hydroxyl groups is 1. The lowest BCUT2D eigenvalue weighted by Crippen LogP contribution is -2.29. The highest BCUT2D eigenvalue weighted by molar-refractivity contribution is 6.51. The van der Waals surface area contributed by atoms with Gasteiger partial charge in [0.15, 0.2) is 0 Å². The Morgan fingerprint density at radius 3 is 2.41 bits per heavy atom. The highest BCUT2D eigenvalue weighted by Gasteiger charge is 2.48. The molecule has 0 bridgehead atoms. The number of pyridine rings is 1. The number of ketones is 1. The second-order valence-corrected chi connectivity index (χ2v) is 7.35. The van der Waals surface area contributed by atoms with E-state index in [1.165, 1.54) is 25.3 Å². The molecule has 1 amide bonds. The number of hydrogen-bond acceptors (Lipinski definition) is 6.